The Morgan fingerprint density at radius 1 is 1.00 bits per heavy atom. The molecule has 5 rings (SSSR count). The summed E-state index contributed by atoms with van der Waals surface area (Å²) in [5.74, 6) is 4.31. The van der Waals surface area contributed by atoms with Crippen LogP contribution in [0.4, 0.5) is 0 Å². The van der Waals surface area contributed by atoms with E-state index in [1.165, 1.54) is 44.9 Å². The average Bonchev–Trinajstić information content (AvgIpc) is 3.19. The zero-order valence-electron chi connectivity index (χ0n) is 22.7. The molecule has 10 atom stereocenters. The number of aliphatic hydroxyl groups is 1. The van der Waals surface area contributed by atoms with Gasteiger partial charge in [0.1, 0.15) is 5.25 Å². The molecule has 1 saturated heterocycles. The molecule has 206 valence electrons. The number of aliphatic hydroxyl groups excluding tert-OH is 1. The number of hydrogen-bond acceptors (Lipinski definition) is 4. The number of hydrogen-bond donors (Lipinski definition) is 2. The molecule has 5 aliphatic rings. The van der Waals surface area contributed by atoms with Crippen molar-refractivity contribution in [3.63, 3.8) is 0 Å². The Morgan fingerprint density at radius 2 is 1.72 bits per heavy atom. The summed E-state index contributed by atoms with van der Waals surface area (Å²) in [4.78, 5) is 14.6. The number of likely N-dealkylation sites (tertiary alicyclic amines) is 1. The monoisotopic (exact) mass is 523 g/mol. The first-order valence-electron chi connectivity index (χ1n) is 14.9. The molecule has 5 fully saturated rings. The fourth-order valence-corrected chi connectivity index (χ4v) is 11.2. The molecule has 2 N–H and O–H groups in total. The number of amides is 1. The molecule has 0 radical (unpaired) electrons. The van der Waals surface area contributed by atoms with Gasteiger partial charge >= 0.3 is 0 Å². The Balaban J connectivity index is 1.20. The largest absolute Gasteiger partial charge is 0.393 e. The highest BCUT2D eigenvalue weighted by Gasteiger charge is 2.60. The first-order chi connectivity index (χ1) is 16.9. The Morgan fingerprint density at radius 3 is 2.47 bits per heavy atom. The molecule has 7 heteroatoms. The van der Waals surface area contributed by atoms with Crippen LogP contribution in [0, 0.1) is 46.3 Å². The molecule has 0 aromatic carbocycles. The zero-order valence-corrected chi connectivity index (χ0v) is 23.5. The van der Waals surface area contributed by atoms with Crippen molar-refractivity contribution in [1.29, 1.82) is 0 Å². The fourth-order valence-electron chi connectivity index (χ4n) is 10.3. The number of fused-ring (bicyclic) bond motifs is 5. The van der Waals surface area contributed by atoms with Gasteiger partial charge < -0.3 is 10.0 Å². The van der Waals surface area contributed by atoms with Gasteiger partial charge in [-0.2, -0.15) is 8.42 Å². The number of carbonyl (C=O) groups excluding carboxylic acids is 1. The van der Waals surface area contributed by atoms with Crippen molar-refractivity contribution in [2.45, 2.75) is 116 Å². The molecule has 6 nitrogen and oxygen atoms in total. The van der Waals surface area contributed by atoms with Gasteiger partial charge in [-0.1, -0.05) is 20.8 Å². The van der Waals surface area contributed by atoms with Crippen molar-refractivity contribution in [2.24, 2.45) is 46.3 Å². The molecule has 1 heterocycles. The van der Waals surface area contributed by atoms with Crippen LogP contribution in [0.1, 0.15) is 104 Å². The minimum Gasteiger partial charge on any atom is -0.393 e. The maximum atomic E-state index is 13.0. The number of carbonyl (C=O) groups is 1. The molecule has 0 spiro atoms. The van der Waals surface area contributed by atoms with E-state index >= 15 is 0 Å². The number of rotatable bonds is 5. The van der Waals surface area contributed by atoms with E-state index in [2.05, 4.69) is 20.8 Å². The van der Waals surface area contributed by atoms with E-state index in [9.17, 15) is 22.9 Å². The van der Waals surface area contributed by atoms with Crippen LogP contribution in [0.2, 0.25) is 0 Å². The van der Waals surface area contributed by atoms with Crippen LogP contribution in [0.15, 0.2) is 0 Å². The predicted octanol–water partition coefficient (Wildman–Crippen LogP) is 5.30. The molecule has 1 amide bonds. The highest BCUT2D eigenvalue weighted by atomic mass is 32.2. The van der Waals surface area contributed by atoms with Gasteiger partial charge in [0.25, 0.3) is 10.1 Å². The maximum absolute atomic E-state index is 13.0. The van der Waals surface area contributed by atoms with E-state index in [4.69, 9.17) is 0 Å². The Hall–Kier alpha value is -0.660. The Bertz CT molecular complexity index is 938. The summed E-state index contributed by atoms with van der Waals surface area (Å²) in [5.41, 5.74) is 0.774. The smallest absolute Gasteiger partial charge is 0.269 e. The van der Waals surface area contributed by atoms with Gasteiger partial charge in [-0.15, -0.1) is 0 Å². The summed E-state index contributed by atoms with van der Waals surface area (Å²) in [6.07, 6.45) is 13.4. The summed E-state index contributed by atoms with van der Waals surface area (Å²) in [5, 5.41) is 9.47. The molecule has 36 heavy (non-hydrogen) atoms. The lowest BCUT2D eigenvalue weighted by atomic mass is 9.44. The molecule has 0 aromatic heterocycles. The molecular weight excluding hydrogens is 474 g/mol. The van der Waals surface area contributed by atoms with Crippen LogP contribution in [0.25, 0.3) is 0 Å². The average molecular weight is 524 g/mol. The van der Waals surface area contributed by atoms with Crippen molar-refractivity contribution in [1.82, 2.24) is 4.90 Å². The molecule has 0 unspecified atom stereocenters. The van der Waals surface area contributed by atoms with E-state index in [0.717, 1.165) is 37.0 Å². The Kier molecular flexibility index (Phi) is 7.35. The lowest BCUT2D eigenvalue weighted by Gasteiger charge is -2.61. The molecule has 4 aliphatic carbocycles. The van der Waals surface area contributed by atoms with Gasteiger partial charge in [-0.05, 0) is 123 Å². The molecule has 0 aromatic rings. The van der Waals surface area contributed by atoms with Gasteiger partial charge in [0.15, 0.2) is 0 Å². The first-order valence-corrected chi connectivity index (χ1v) is 16.4. The second kappa shape index (κ2) is 9.82. The van der Waals surface area contributed by atoms with Crippen molar-refractivity contribution in [2.75, 3.05) is 13.1 Å². The van der Waals surface area contributed by atoms with Crippen LogP contribution in [-0.4, -0.2) is 53.3 Å². The van der Waals surface area contributed by atoms with Gasteiger partial charge in [-0.25, -0.2) is 0 Å². The highest BCUT2D eigenvalue weighted by Crippen LogP contribution is 2.68. The van der Waals surface area contributed by atoms with Crippen molar-refractivity contribution in [3.8, 4) is 0 Å². The standard InChI is InChI=1S/C29H49NO5S/c1-19(6-11-27(32)30-16-4-5-22(18-30)36(33,34)35)24-9-10-25-23-8-7-20-17-21(31)12-14-28(20,2)26(23)13-15-29(24,25)3/h19-26,31H,4-18H2,1-3H3,(H,33,34,35)/t19-,20-,21-,22-,23+,24-,25+,26+,28+,29-/m1/s1. The van der Waals surface area contributed by atoms with E-state index in [1.54, 1.807) is 4.90 Å². The normalized spacial score (nSPS) is 45.9. The van der Waals surface area contributed by atoms with E-state index < -0.39 is 15.4 Å². The van der Waals surface area contributed by atoms with Crippen LogP contribution in [0.3, 0.4) is 0 Å². The predicted molar refractivity (Wildman–Crippen MR) is 141 cm³/mol. The highest BCUT2D eigenvalue weighted by molar-refractivity contribution is 7.86. The van der Waals surface area contributed by atoms with Crippen molar-refractivity contribution >= 4 is 16.0 Å². The van der Waals surface area contributed by atoms with Gasteiger partial charge in [-0.3, -0.25) is 9.35 Å². The third-order valence-corrected chi connectivity index (χ3v) is 13.6. The van der Waals surface area contributed by atoms with E-state index in [1.807, 2.05) is 0 Å². The van der Waals surface area contributed by atoms with Gasteiger partial charge in [0.2, 0.25) is 5.91 Å². The topological polar surface area (TPSA) is 94.9 Å². The third-order valence-electron chi connectivity index (χ3n) is 12.4. The van der Waals surface area contributed by atoms with Crippen molar-refractivity contribution < 1.29 is 22.9 Å². The molecule has 0 bridgehead atoms. The maximum Gasteiger partial charge on any atom is 0.269 e. The number of piperidine rings is 1. The van der Waals surface area contributed by atoms with Crippen LogP contribution < -0.4 is 0 Å². The zero-order chi connectivity index (χ0) is 25.9. The first kappa shape index (κ1) is 26.9. The summed E-state index contributed by atoms with van der Waals surface area (Å²) < 4.78 is 32.6. The second-order valence-corrected chi connectivity index (χ2v) is 15.6. The van der Waals surface area contributed by atoms with Crippen molar-refractivity contribution in [3.05, 3.63) is 0 Å². The minimum atomic E-state index is -4.09. The fraction of sp³-hybridized carbons (Fsp3) is 0.966. The molecule has 4 saturated carbocycles. The van der Waals surface area contributed by atoms with Crippen LogP contribution in [0.5, 0.6) is 0 Å². The lowest BCUT2D eigenvalue weighted by molar-refractivity contribution is -0.133. The van der Waals surface area contributed by atoms with Gasteiger partial charge in [0.05, 0.1) is 6.10 Å². The summed E-state index contributed by atoms with van der Waals surface area (Å²) >= 11 is 0. The minimum absolute atomic E-state index is 0.0457. The van der Waals surface area contributed by atoms with E-state index in [-0.39, 0.29) is 18.6 Å². The lowest BCUT2D eigenvalue weighted by Crippen LogP contribution is -2.54. The molecule has 1 aliphatic heterocycles. The van der Waals surface area contributed by atoms with E-state index in [0.29, 0.717) is 54.4 Å². The van der Waals surface area contributed by atoms with Crippen LogP contribution in [-0.2, 0) is 14.9 Å². The Labute approximate surface area is 218 Å². The summed E-state index contributed by atoms with van der Waals surface area (Å²) in [6.45, 7) is 8.19. The second-order valence-electron chi connectivity index (χ2n) is 13.9. The SMILES string of the molecule is C[C@H](CCC(=O)N1CCC[C@@H](S(=O)(=O)O)C1)[C@H]1CC[C@H]2[C@@H]3CC[C@@H]4C[C@H](O)CC[C@]4(C)[C@H]3CC[C@]12C. The summed E-state index contributed by atoms with van der Waals surface area (Å²) in [6, 6.07) is 0. The van der Waals surface area contributed by atoms with Gasteiger partial charge in [0, 0.05) is 19.5 Å². The summed E-state index contributed by atoms with van der Waals surface area (Å²) in [7, 11) is -4.09. The third kappa shape index (κ3) is 4.68. The quantitative estimate of drug-likeness (QED) is 0.477. The van der Waals surface area contributed by atoms with Crippen LogP contribution >= 0.6 is 0 Å². The molecular formula is C29H49NO5S. The number of nitrogens with zero attached hydrogens (tertiary/aromatic N) is 1.